The molecule has 0 fully saturated rings. The van der Waals surface area contributed by atoms with Crippen LogP contribution in [0.3, 0.4) is 0 Å². The average molecular weight is 193 g/mol. The Bertz CT molecular complexity index is 387. The largest absolute Gasteiger partial charge is 0.324 e. The predicted molar refractivity (Wildman–Crippen MR) is 51.8 cm³/mol. The number of fused-ring (bicyclic) bond motifs is 1. The lowest BCUT2D eigenvalue weighted by molar-refractivity contribution is 0.0997. The molecule has 3 heteroatoms. The van der Waals surface area contributed by atoms with Crippen molar-refractivity contribution in [2.45, 2.75) is 19.3 Å². The second kappa shape index (κ2) is 3.50. The molecule has 0 unspecified atom stereocenters. The van der Waals surface area contributed by atoms with Gasteiger partial charge in [0.15, 0.2) is 5.78 Å². The quantitative estimate of drug-likeness (QED) is 0.722. The topological polar surface area (TPSA) is 43.1 Å². The van der Waals surface area contributed by atoms with Crippen molar-refractivity contribution in [1.29, 1.82) is 0 Å². The molecule has 1 aromatic rings. The van der Waals surface area contributed by atoms with Crippen LogP contribution >= 0.6 is 0 Å². The fourth-order valence-electron chi connectivity index (χ4n) is 1.92. The summed E-state index contributed by atoms with van der Waals surface area (Å²) in [5, 5.41) is 0. The van der Waals surface area contributed by atoms with Crippen molar-refractivity contribution in [1.82, 2.24) is 0 Å². The van der Waals surface area contributed by atoms with E-state index in [0.717, 1.165) is 30.4 Å². The van der Waals surface area contributed by atoms with Crippen LogP contribution in [0.2, 0.25) is 0 Å². The van der Waals surface area contributed by atoms with Crippen molar-refractivity contribution < 1.29 is 9.18 Å². The van der Waals surface area contributed by atoms with E-state index < -0.39 is 5.82 Å². The van der Waals surface area contributed by atoms with Gasteiger partial charge in [0.2, 0.25) is 0 Å². The molecule has 0 radical (unpaired) electrons. The van der Waals surface area contributed by atoms with E-state index in [-0.39, 0.29) is 17.9 Å². The fraction of sp³-hybridized carbons (Fsp3) is 0.364. The van der Waals surface area contributed by atoms with Crippen molar-refractivity contribution in [2.75, 3.05) is 6.54 Å². The van der Waals surface area contributed by atoms with Gasteiger partial charge in [0.25, 0.3) is 0 Å². The molecule has 1 aliphatic rings. The zero-order valence-electron chi connectivity index (χ0n) is 7.85. The number of ketones is 1. The lowest BCUT2D eigenvalue weighted by Gasteiger charge is -2.04. The van der Waals surface area contributed by atoms with Crippen LogP contribution in [0.25, 0.3) is 0 Å². The number of rotatable bonds is 2. The van der Waals surface area contributed by atoms with E-state index in [4.69, 9.17) is 5.73 Å². The standard InChI is InChI=1S/C11H12FNO/c12-10-5-8-3-1-2-7(8)4-9(10)11(14)6-13/h4-5H,1-3,6,13H2. The lowest BCUT2D eigenvalue weighted by Crippen LogP contribution is -2.15. The summed E-state index contributed by atoms with van der Waals surface area (Å²) in [7, 11) is 0. The van der Waals surface area contributed by atoms with Gasteiger partial charge in [-0.25, -0.2) is 4.39 Å². The van der Waals surface area contributed by atoms with Crippen molar-refractivity contribution >= 4 is 5.78 Å². The fourth-order valence-corrected chi connectivity index (χ4v) is 1.92. The number of hydrogen-bond donors (Lipinski definition) is 1. The molecular formula is C11H12FNO. The van der Waals surface area contributed by atoms with Gasteiger partial charge in [-0.3, -0.25) is 4.79 Å². The van der Waals surface area contributed by atoms with Gasteiger partial charge in [0.1, 0.15) is 5.82 Å². The molecule has 14 heavy (non-hydrogen) atoms. The first-order valence-corrected chi connectivity index (χ1v) is 4.77. The summed E-state index contributed by atoms with van der Waals surface area (Å²) in [5.41, 5.74) is 7.49. The molecule has 1 aromatic carbocycles. The maximum atomic E-state index is 13.4. The predicted octanol–water partition coefficient (Wildman–Crippen LogP) is 1.46. The third-order valence-electron chi connectivity index (χ3n) is 2.67. The Morgan fingerprint density at radius 1 is 1.36 bits per heavy atom. The number of halogens is 1. The maximum Gasteiger partial charge on any atom is 0.179 e. The summed E-state index contributed by atoms with van der Waals surface area (Å²) in [4.78, 5) is 11.3. The van der Waals surface area contributed by atoms with E-state index in [0.29, 0.717) is 0 Å². The summed E-state index contributed by atoms with van der Waals surface area (Å²) in [6, 6.07) is 3.14. The van der Waals surface area contributed by atoms with Crippen LogP contribution in [-0.2, 0) is 12.8 Å². The molecule has 0 amide bonds. The van der Waals surface area contributed by atoms with E-state index in [9.17, 15) is 9.18 Å². The Labute approximate surface area is 81.9 Å². The van der Waals surface area contributed by atoms with E-state index >= 15 is 0 Å². The van der Waals surface area contributed by atoms with Crippen molar-refractivity contribution in [2.24, 2.45) is 5.73 Å². The summed E-state index contributed by atoms with van der Waals surface area (Å²) in [6.07, 6.45) is 2.92. The van der Waals surface area contributed by atoms with Crippen molar-refractivity contribution in [3.8, 4) is 0 Å². The van der Waals surface area contributed by atoms with Gasteiger partial charge in [0, 0.05) is 0 Å². The Hall–Kier alpha value is -1.22. The number of carbonyl (C=O) groups excluding carboxylic acids is 1. The smallest absolute Gasteiger partial charge is 0.179 e. The first kappa shape index (κ1) is 9.34. The number of hydrogen-bond acceptors (Lipinski definition) is 2. The molecule has 2 rings (SSSR count). The minimum absolute atomic E-state index is 0.129. The monoisotopic (exact) mass is 193 g/mol. The summed E-state index contributed by atoms with van der Waals surface area (Å²) >= 11 is 0. The minimum atomic E-state index is -0.430. The minimum Gasteiger partial charge on any atom is -0.324 e. The normalized spacial score (nSPS) is 14.1. The molecule has 0 spiro atoms. The highest BCUT2D eigenvalue weighted by molar-refractivity contribution is 5.98. The summed E-state index contributed by atoms with van der Waals surface area (Å²) in [5.74, 6) is -0.752. The Balaban J connectivity index is 2.47. The van der Waals surface area contributed by atoms with E-state index in [1.54, 1.807) is 6.07 Å². The second-order valence-corrected chi connectivity index (χ2v) is 3.58. The van der Waals surface area contributed by atoms with Gasteiger partial charge in [-0.2, -0.15) is 0 Å². The highest BCUT2D eigenvalue weighted by Crippen LogP contribution is 2.25. The van der Waals surface area contributed by atoms with Crippen LogP contribution in [0.5, 0.6) is 0 Å². The number of Topliss-reactive ketones (excluding diaryl/α,β-unsaturated/α-hetero) is 1. The van der Waals surface area contributed by atoms with E-state index in [1.165, 1.54) is 6.07 Å². The lowest BCUT2D eigenvalue weighted by atomic mass is 10.0. The van der Waals surface area contributed by atoms with Gasteiger partial charge in [-0.1, -0.05) is 0 Å². The Morgan fingerprint density at radius 2 is 2.00 bits per heavy atom. The number of nitrogens with two attached hydrogens (primary N) is 1. The Kier molecular flexibility index (Phi) is 2.33. The van der Waals surface area contributed by atoms with Crippen molar-refractivity contribution in [3.05, 3.63) is 34.6 Å². The average Bonchev–Trinajstić information content (AvgIpc) is 2.62. The second-order valence-electron chi connectivity index (χ2n) is 3.58. The molecule has 0 saturated heterocycles. The molecule has 2 nitrogen and oxygen atoms in total. The van der Waals surface area contributed by atoms with Gasteiger partial charge < -0.3 is 5.73 Å². The highest BCUT2D eigenvalue weighted by Gasteiger charge is 2.17. The molecule has 74 valence electrons. The maximum absolute atomic E-state index is 13.4. The first-order chi connectivity index (χ1) is 6.72. The molecule has 0 saturated carbocycles. The van der Waals surface area contributed by atoms with Gasteiger partial charge in [-0.05, 0) is 42.5 Å². The molecule has 0 aliphatic heterocycles. The van der Waals surface area contributed by atoms with E-state index in [1.807, 2.05) is 0 Å². The summed E-state index contributed by atoms with van der Waals surface area (Å²) in [6.45, 7) is -0.129. The molecule has 0 bridgehead atoms. The van der Waals surface area contributed by atoms with Crippen LogP contribution in [0.1, 0.15) is 27.9 Å². The third kappa shape index (κ3) is 1.44. The molecule has 0 atom stereocenters. The SMILES string of the molecule is NCC(=O)c1cc2c(cc1F)CCC2. The molecule has 0 aromatic heterocycles. The van der Waals surface area contributed by atoms with Crippen LogP contribution in [0.4, 0.5) is 4.39 Å². The zero-order chi connectivity index (χ0) is 10.1. The number of benzene rings is 1. The van der Waals surface area contributed by atoms with Gasteiger partial charge >= 0.3 is 0 Å². The number of carbonyl (C=O) groups is 1. The first-order valence-electron chi connectivity index (χ1n) is 4.77. The van der Waals surface area contributed by atoms with Crippen LogP contribution < -0.4 is 5.73 Å². The molecular weight excluding hydrogens is 181 g/mol. The van der Waals surface area contributed by atoms with Crippen molar-refractivity contribution in [3.63, 3.8) is 0 Å². The highest BCUT2D eigenvalue weighted by atomic mass is 19.1. The van der Waals surface area contributed by atoms with Crippen LogP contribution in [0.15, 0.2) is 12.1 Å². The zero-order valence-corrected chi connectivity index (χ0v) is 7.85. The van der Waals surface area contributed by atoms with Crippen LogP contribution in [0, 0.1) is 5.82 Å². The van der Waals surface area contributed by atoms with Crippen LogP contribution in [-0.4, -0.2) is 12.3 Å². The molecule has 0 heterocycles. The summed E-state index contributed by atoms with van der Waals surface area (Å²) < 4.78 is 13.4. The van der Waals surface area contributed by atoms with Gasteiger partial charge in [0.05, 0.1) is 12.1 Å². The molecule has 2 N–H and O–H groups in total. The third-order valence-corrected chi connectivity index (χ3v) is 2.67. The van der Waals surface area contributed by atoms with Gasteiger partial charge in [-0.15, -0.1) is 0 Å². The number of aryl methyl sites for hydroxylation is 2. The van der Waals surface area contributed by atoms with E-state index in [2.05, 4.69) is 0 Å². The molecule has 1 aliphatic carbocycles. The Morgan fingerprint density at radius 3 is 2.64 bits per heavy atom.